The monoisotopic (exact) mass is 335 g/mol. The molecule has 0 aliphatic rings. The van der Waals surface area contributed by atoms with Crippen LogP contribution >= 0.6 is 15.9 Å². The number of aromatic nitrogens is 2. The lowest BCUT2D eigenvalue weighted by Gasteiger charge is -2.09. The third-order valence-corrected chi connectivity index (χ3v) is 3.33. The number of carbonyl (C=O) groups excluding carboxylic acids is 1. The molecule has 0 fully saturated rings. The average Bonchev–Trinajstić information content (AvgIpc) is 2.82. The van der Waals surface area contributed by atoms with E-state index in [1.54, 1.807) is 10.9 Å². The minimum atomic E-state index is -0.0508. The molecule has 1 aromatic carbocycles. The highest BCUT2D eigenvalue weighted by Crippen LogP contribution is 2.24. The van der Waals surface area contributed by atoms with E-state index >= 15 is 0 Å². The summed E-state index contributed by atoms with van der Waals surface area (Å²) < 4.78 is 2.63. The van der Waals surface area contributed by atoms with Crippen molar-refractivity contribution in [2.24, 2.45) is 13.0 Å². The molecule has 0 aliphatic carbocycles. The predicted molar refractivity (Wildman–Crippen MR) is 83.5 cm³/mol. The highest BCUT2D eigenvalue weighted by molar-refractivity contribution is 9.10. The van der Waals surface area contributed by atoms with Gasteiger partial charge < -0.3 is 5.32 Å². The Bertz CT molecular complexity index is 619. The van der Waals surface area contributed by atoms with E-state index in [2.05, 4.69) is 40.2 Å². The first-order chi connectivity index (χ1) is 9.45. The second-order valence-corrected chi connectivity index (χ2v) is 6.15. The number of hydrogen-bond donors (Lipinski definition) is 1. The van der Waals surface area contributed by atoms with Crippen molar-refractivity contribution in [1.29, 1.82) is 0 Å². The van der Waals surface area contributed by atoms with E-state index in [0.717, 1.165) is 15.6 Å². The molecule has 4 nitrogen and oxygen atoms in total. The van der Waals surface area contributed by atoms with Crippen LogP contribution in [0.15, 0.2) is 35.1 Å². The van der Waals surface area contributed by atoms with E-state index < -0.39 is 0 Å². The number of aryl methyl sites for hydroxylation is 1. The zero-order valence-electron chi connectivity index (χ0n) is 11.9. The van der Waals surface area contributed by atoms with Gasteiger partial charge in [0.25, 0.3) is 5.91 Å². The summed E-state index contributed by atoms with van der Waals surface area (Å²) in [4.78, 5) is 12.1. The van der Waals surface area contributed by atoms with Crippen molar-refractivity contribution in [3.63, 3.8) is 0 Å². The van der Waals surface area contributed by atoms with E-state index in [1.807, 2.05) is 31.4 Å². The fourth-order valence-corrected chi connectivity index (χ4v) is 2.35. The summed E-state index contributed by atoms with van der Waals surface area (Å²) >= 11 is 3.46. The third-order valence-electron chi connectivity index (χ3n) is 2.87. The maximum absolute atomic E-state index is 12.1. The summed E-state index contributed by atoms with van der Waals surface area (Å²) in [7, 11) is 1.87. The van der Waals surface area contributed by atoms with Gasteiger partial charge >= 0.3 is 0 Å². The molecule has 0 radical (unpaired) electrons. The van der Waals surface area contributed by atoms with Crippen LogP contribution in [0.5, 0.6) is 0 Å². The number of benzene rings is 1. The van der Waals surface area contributed by atoms with Gasteiger partial charge in [-0.2, -0.15) is 5.10 Å². The van der Waals surface area contributed by atoms with E-state index in [0.29, 0.717) is 18.0 Å². The Morgan fingerprint density at radius 1 is 1.35 bits per heavy atom. The maximum Gasteiger partial charge on any atom is 0.251 e. The first-order valence-electron chi connectivity index (χ1n) is 6.53. The van der Waals surface area contributed by atoms with Crippen LogP contribution in [-0.4, -0.2) is 22.2 Å². The van der Waals surface area contributed by atoms with Gasteiger partial charge in [-0.15, -0.1) is 0 Å². The van der Waals surface area contributed by atoms with Gasteiger partial charge in [-0.05, 0) is 29.7 Å². The van der Waals surface area contributed by atoms with Gasteiger partial charge in [0.05, 0.1) is 6.20 Å². The van der Waals surface area contributed by atoms with Crippen molar-refractivity contribution in [2.45, 2.75) is 13.8 Å². The Kier molecular flexibility index (Phi) is 4.60. The van der Waals surface area contributed by atoms with Crippen LogP contribution in [0.25, 0.3) is 11.1 Å². The van der Waals surface area contributed by atoms with Gasteiger partial charge in [0.1, 0.15) is 0 Å². The zero-order chi connectivity index (χ0) is 14.7. The number of halogens is 1. The predicted octanol–water partition coefficient (Wildman–Crippen LogP) is 3.24. The molecule has 0 spiro atoms. The maximum atomic E-state index is 12.1. The Hall–Kier alpha value is -1.62. The molecule has 1 aromatic heterocycles. The van der Waals surface area contributed by atoms with Gasteiger partial charge in [0, 0.05) is 35.4 Å². The van der Waals surface area contributed by atoms with Crippen LogP contribution in [0.4, 0.5) is 0 Å². The lowest BCUT2D eigenvalue weighted by atomic mass is 10.1. The summed E-state index contributed by atoms with van der Waals surface area (Å²) in [6.07, 6.45) is 3.72. The standard InChI is InChI=1S/C15H18BrN3O/c1-10(2)7-17-15(20)12-4-11(5-14(16)6-12)13-8-18-19(3)9-13/h4-6,8-10H,7H2,1-3H3,(H,17,20). The topological polar surface area (TPSA) is 46.9 Å². The highest BCUT2D eigenvalue weighted by atomic mass is 79.9. The van der Waals surface area contributed by atoms with Gasteiger partial charge in [0.15, 0.2) is 0 Å². The van der Waals surface area contributed by atoms with Crippen LogP contribution < -0.4 is 5.32 Å². The smallest absolute Gasteiger partial charge is 0.251 e. The van der Waals surface area contributed by atoms with Crippen LogP contribution in [0, 0.1) is 5.92 Å². The van der Waals surface area contributed by atoms with E-state index in [9.17, 15) is 4.79 Å². The van der Waals surface area contributed by atoms with Gasteiger partial charge in [0.2, 0.25) is 0 Å². The lowest BCUT2D eigenvalue weighted by molar-refractivity contribution is 0.0949. The van der Waals surface area contributed by atoms with Crippen molar-refractivity contribution >= 4 is 21.8 Å². The normalized spacial score (nSPS) is 10.8. The summed E-state index contributed by atoms with van der Waals surface area (Å²) in [6, 6.07) is 5.70. The molecular formula is C15H18BrN3O. The van der Waals surface area contributed by atoms with Gasteiger partial charge in [-0.1, -0.05) is 29.8 Å². The summed E-state index contributed by atoms with van der Waals surface area (Å²) in [5, 5.41) is 7.09. The quantitative estimate of drug-likeness (QED) is 0.932. The molecule has 1 N–H and O–H groups in total. The Morgan fingerprint density at radius 2 is 2.10 bits per heavy atom. The molecule has 2 rings (SSSR count). The second-order valence-electron chi connectivity index (χ2n) is 5.24. The summed E-state index contributed by atoms with van der Waals surface area (Å²) in [5.74, 6) is 0.383. The van der Waals surface area contributed by atoms with Crippen molar-refractivity contribution in [2.75, 3.05) is 6.54 Å². The minimum Gasteiger partial charge on any atom is -0.352 e. The number of carbonyl (C=O) groups is 1. The first kappa shape index (κ1) is 14.8. The van der Waals surface area contributed by atoms with E-state index in [-0.39, 0.29) is 5.91 Å². The molecule has 0 unspecified atom stereocenters. The second kappa shape index (κ2) is 6.22. The van der Waals surface area contributed by atoms with Crippen LogP contribution in [-0.2, 0) is 7.05 Å². The number of nitrogens with one attached hydrogen (secondary N) is 1. The van der Waals surface area contributed by atoms with Crippen molar-refractivity contribution < 1.29 is 4.79 Å². The fraction of sp³-hybridized carbons (Fsp3) is 0.333. The summed E-state index contributed by atoms with van der Waals surface area (Å²) in [5.41, 5.74) is 2.62. The highest BCUT2D eigenvalue weighted by Gasteiger charge is 2.10. The Morgan fingerprint density at radius 3 is 2.70 bits per heavy atom. The largest absolute Gasteiger partial charge is 0.352 e. The van der Waals surface area contributed by atoms with E-state index in [4.69, 9.17) is 0 Å². The fourth-order valence-electron chi connectivity index (χ4n) is 1.86. The first-order valence-corrected chi connectivity index (χ1v) is 7.33. The average molecular weight is 336 g/mol. The minimum absolute atomic E-state index is 0.0508. The van der Waals surface area contributed by atoms with E-state index in [1.165, 1.54) is 0 Å². The molecular weight excluding hydrogens is 318 g/mol. The SMILES string of the molecule is CC(C)CNC(=O)c1cc(Br)cc(-c2cnn(C)c2)c1. The van der Waals surface area contributed by atoms with Crippen molar-refractivity contribution in [3.05, 3.63) is 40.6 Å². The summed E-state index contributed by atoms with van der Waals surface area (Å²) in [6.45, 7) is 4.82. The van der Waals surface area contributed by atoms with Crippen LogP contribution in [0.3, 0.4) is 0 Å². The van der Waals surface area contributed by atoms with Crippen molar-refractivity contribution in [1.82, 2.24) is 15.1 Å². The number of amides is 1. The molecule has 0 aliphatic heterocycles. The Balaban J connectivity index is 2.27. The number of hydrogen-bond acceptors (Lipinski definition) is 2. The van der Waals surface area contributed by atoms with Crippen LogP contribution in [0.2, 0.25) is 0 Å². The third kappa shape index (κ3) is 3.70. The molecule has 0 atom stereocenters. The Labute approximate surface area is 127 Å². The van der Waals surface area contributed by atoms with Gasteiger partial charge in [-0.25, -0.2) is 0 Å². The molecule has 2 aromatic rings. The molecule has 106 valence electrons. The molecule has 20 heavy (non-hydrogen) atoms. The molecule has 1 heterocycles. The molecule has 0 saturated carbocycles. The number of rotatable bonds is 4. The lowest BCUT2D eigenvalue weighted by Crippen LogP contribution is -2.27. The number of nitrogens with zero attached hydrogens (tertiary/aromatic N) is 2. The van der Waals surface area contributed by atoms with Crippen molar-refractivity contribution in [3.8, 4) is 11.1 Å². The molecule has 1 amide bonds. The molecule has 0 bridgehead atoms. The molecule has 0 saturated heterocycles. The van der Waals surface area contributed by atoms with Crippen LogP contribution in [0.1, 0.15) is 24.2 Å². The molecule has 5 heteroatoms. The van der Waals surface area contributed by atoms with Gasteiger partial charge in [-0.3, -0.25) is 9.48 Å². The zero-order valence-corrected chi connectivity index (χ0v) is 13.4.